The molecular weight excluding hydrogens is 208 g/mol. The first-order chi connectivity index (χ1) is 7.37. The average Bonchev–Trinajstić information content (AvgIpc) is 2.48. The maximum atomic E-state index is 11.3. The van der Waals surface area contributed by atoms with Crippen molar-refractivity contribution in [2.45, 2.75) is 39.8 Å². The molecule has 0 aliphatic rings. The summed E-state index contributed by atoms with van der Waals surface area (Å²) >= 11 is 0. The fraction of sp³-hybridized carbons (Fsp3) is 0.636. The van der Waals surface area contributed by atoms with E-state index in [1.807, 2.05) is 27.7 Å². The quantitative estimate of drug-likeness (QED) is 0.786. The zero-order chi connectivity index (χ0) is 12.2. The zero-order valence-corrected chi connectivity index (χ0v) is 10.2. The summed E-state index contributed by atoms with van der Waals surface area (Å²) < 4.78 is 10.4. The third kappa shape index (κ3) is 4.93. The number of carbonyl (C=O) groups excluding carboxylic acids is 1. The highest BCUT2D eigenvalue weighted by Crippen LogP contribution is 2.06. The molecule has 0 atom stereocenters. The largest absolute Gasteiger partial charge is 0.459 e. The third-order valence-electron chi connectivity index (χ3n) is 1.63. The molecule has 1 N–H and O–H groups in total. The number of nitrogens with zero attached hydrogens (tertiary/aromatic N) is 1. The lowest BCUT2D eigenvalue weighted by Crippen LogP contribution is -2.31. The lowest BCUT2D eigenvalue weighted by atomic mass is 10.2. The van der Waals surface area contributed by atoms with Gasteiger partial charge in [-0.05, 0) is 27.7 Å². The van der Waals surface area contributed by atoms with E-state index in [-0.39, 0.29) is 12.5 Å². The zero-order valence-electron chi connectivity index (χ0n) is 10.2. The topological polar surface area (TPSA) is 64.4 Å². The standard InChI is InChI=1S/C11H18N2O3/c1-8-5-13-9(15-8)6-12-7-10(14)16-11(2,3)4/h5,12H,6-7H2,1-4H3. The van der Waals surface area contributed by atoms with Gasteiger partial charge in [-0.2, -0.15) is 0 Å². The van der Waals surface area contributed by atoms with Crippen LogP contribution in [0.4, 0.5) is 0 Å². The first-order valence-electron chi connectivity index (χ1n) is 5.21. The number of hydrogen-bond donors (Lipinski definition) is 1. The second-order valence-corrected chi connectivity index (χ2v) is 4.55. The molecule has 90 valence electrons. The molecule has 0 amide bonds. The lowest BCUT2D eigenvalue weighted by molar-refractivity contribution is -0.153. The van der Waals surface area contributed by atoms with Gasteiger partial charge in [-0.25, -0.2) is 4.98 Å². The van der Waals surface area contributed by atoms with Gasteiger partial charge in [0, 0.05) is 0 Å². The van der Waals surface area contributed by atoms with E-state index in [1.165, 1.54) is 0 Å². The van der Waals surface area contributed by atoms with E-state index in [9.17, 15) is 4.79 Å². The van der Waals surface area contributed by atoms with Crippen LogP contribution in [0.25, 0.3) is 0 Å². The highest BCUT2D eigenvalue weighted by molar-refractivity contribution is 5.72. The number of esters is 1. The SMILES string of the molecule is Cc1cnc(CNCC(=O)OC(C)(C)C)o1. The summed E-state index contributed by atoms with van der Waals surface area (Å²) in [4.78, 5) is 15.3. The van der Waals surface area contributed by atoms with Gasteiger partial charge in [0.25, 0.3) is 0 Å². The Morgan fingerprint density at radius 2 is 2.25 bits per heavy atom. The highest BCUT2D eigenvalue weighted by atomic mass is 16.6. The Hall–Kier alpha value is -1.36. The fourth-order valence-corrected chi connectivity index (χ4v) is 1.13. The maximum absolute atomic E-state index is 11.3. The number of aromatic nitrogens is 1. The number of ether oxygens (including phenoxy) is 1. The smallest absolute Gasteiger partial charge is 0.320 e. The molecular formula is C11H18N2O3. The number of aryl methyl sites for hydroxylation is 1. The number of nitrogens with one attached hydrogen (secondary N) is 1. The van der Waals surface area contributed by atoms with E-state index in [1.54, 1.807) is 6.20 Å². The van der Waals surface area contributed by atoms with Gasteiger partial charge in [-0.1, -0.05) is 0 Å². The molecule has 0 unspecified atom stereocenters. The molecule has 0 aliphatic carbocycles. The van der Waals surface area contributed by atoms with E-state index >= 15 is 0 Å². The van der Waals surface area contributed by atoms with Crippen molar-refractivity contribution in [3.63, 3.8) is 0 Å². The van der Waals surface area contributed by atoms with Crippen LogP contribution >= 0.6 is 0 Å². The van der Waals surface area contributed by atoms with E-state index in [2.05, 4.69) is 10.3 Å². The molecule has 16 heavy (non-hydrogen) atoms. The van der Waals surface area contributed by atoms with Gasteiger partial charge in [-0.3, -0.25) is 10.1 Å². The molecule has 0 radical (unpaired) electrons. The van der Waals surface area contributed by atoms with E-state index in [4.69, 9.17) is 9.15 Å². The van der Waals surface area contributed by atoms with Crippen LogP contribution in [0, 0.1) is 6.92 Å². The van der Waals surface area contributed by atoms with Crippen molar-refractivity contribution in [3.8, 4) is 0 Å². The molecule has 0 bridgehead atoms. The molecule has 0 saturated carbocycles. The van der Waals surface area contributed by atoms with Crippen LogP contribution in [-0.2, 0) is 16.1 Å². The van der Waals surface area contributed by atoms with Gasteiger partial charge < -0.3 is 9.15 Å². The summed E-state index contributed by atoms with van der Waals surface area (Å²) in [6.07, 6.45) is 1.64. The van der Waals surface area contributed by atoms with Gasteiger partial charge in [0.15, 0.2) is 0 Å². The van der Waals surface area contributed by atoms with Crippen molar-refractivity contribution in [1.82, 2.24) is 10.3 Å². The molecule has 1 rings (SSSR count). The Morgan fingerprint density at radius 1 is 1.56 bits per heavy atom. The van der Waals surface area contributed by atoms with Crippen LogP contribution in [-0.4, -0.2) is 23.1 Å². The normalized spacial score (nSPS) is 11.5. The van der Waals surface area contributed by atoms with Crippen molar-refractivity contribution in [1.29, 1.82) is 0 Å². The molecule has 0 fully saturated rings. The van der Waals surface area contributed by atoms with Crippen molar-refractivity contribution >= 4 is 5.97 Å². The second-order valence-electron chi connectivity index (χ2n) is 4.55. The minimum atomic E-state index is -0.446. The predicted molar refractivity (Wildman–Crippen MR) is 58.8 cm³/mol. The highest BCUT2D eigenvalue weighted by Gasteiger charge is 2.15. The maximum Gasteiger partial charge on any atom is 0.320 e. The van der Waals surface area contributed by atoms with Gasteiger partial charge >= 0.3 is 5.97 Å². The molecule has 0 spiro atoms. The van der Waals surface area contributed by atoms with E-state index < -0.39 is 5.60 Å². The van der Waals surface area contributed by atoms with Crippen molar-refractivity contribution in [2.75, 3.05) is 6.54 Å². The van der Waals surface area contributed by atoms with Crippen molar-refractivity contribution in [3.05, 3.63) is 17.8 Å². The molecule has 5 nitrogen and oxygen atoms in total. The molecule has 1 aromatic heterocycles. The molecule has 5 heteroatoms. The van der Waals surface area contributed by atoms with Gasteiger partial charge in [0.1, 0.15) is 11.4 Å². The third-order valence-corrected chi connectivity index (χ3v) is 1.63. The van der Waals surface area contributed by atoms with Crippen LogP contribution in [0.1, 0.15) is 32.4 Å². The summed E-state index contributed by atoms with van der Waals surface area (Å²) in [5.74, 6) is 1.05. The molecule has 1 aromatic rings. The minimum absolute atomic E-state index is 0.151. The summed E-state index contributed by atoms with van der Waals surface area (Å²) in [5, 5.41) is 2.91. The first kappa shape index (κ1) is 12.7. The van der Waals surface area contributed by atoms with Crippen LogP contribution in [0.3, 0.4) is 0 Å². The predicted octanol–water partition coefficient (Wildman–Crippen LogP) is 1.41. The van der Waals surface area contributed by atoms with Crippen LogP contribution < -0.4 is 5.32 Å². The minimum Gasteiger partial charge on any atom is -0.459 e. The van der Waals surface area contributed by atoms with Crippen LogP contribution in [0.2, 0.25) is 0 Å². The Balaban J connectivity index is 2.23. The summed E-state index contributed by atoms with van der Waals surface area (Å²) in [7, 11) is 0. The summed E-state index contributed by atoms with van der Waals surface area (Å²) in [5.41, 5.74) is -0.446. The Morgan fingerprint density at radius 3 is 2.75 bits per heavy atom. The molecule has 1 heterocycles. The molecule has 0 aromatic carbocycles. The average molecular weight is 226 g/mol. The van der Waals surface area contributed by atoms with Gasteiger partial charge in [0.05, 0.1) is 19.3 Å². The first-order valence-corrected chi connectivity index (χ1v) is 5.21. The summed E-state index contributed by atoms with van der Waals surface area (Å²) in [6.45, 7) is 7.91. The van der Waals surface area contributed by atoms with Gasteiger partial charge in [0.2, 0.25) is 5.89 Å². The Kier molecular flexibility index (Phi) is 4.06. The van der Waals surface area contributed by atoms with Gasteiger partial charge in [-0.15, -0.1) is 0 Å². The number of carbonyl (C=O) groups is 1. The summed E-state index contributed by atoms with van der Waals surface area (Å²) in [6, 6.07) is 0. The van der Waals surface area contributed by atoms with Crippen LogP contribution in [0.15, 0.2) is 10.6 Å². The number of rotatable bonds is 4. The van der Waals surface area contributed by atoms with E-state index in [0.29, 0.717) is 12.4 Å². The van der Waals surface area contributed by atoms with Crippen molar-refractivity contribution in [2.24, 2.45) is 0 Å². The Labute approximate surface area is 95.2 Å². The Bertz CT molecular complexity index is 352. The lowest BCUT2D eigenvalue weighted by Gasteiger charge is -2.19. The fourth-order valence-electron chi connectivity index (χ4n) is 1.13. The molecule has 0 aliphatic heterocycles. The van der Waals surface area contributed by atoms with E-state index in [0.717, 1.165) is 5.76 Å². The molecule has 0 saturated heterocycles. The number of hydrogen-bond acceptors (Lipinski definition) is 5. The van der Waals surface area contributed by atoms with Crippen LogP contribution in [0.5, 0.6) is 0 Å². The number of oxazole rings is 1. The second kappa shape index (κ2) is 5.12. The monoisotopic (exact) mass is 226 g/mol. The van der Waals surface area contributed by atoms with Crippen molar-refractivity contribution < 1.29 is 13.9 Å².